The molecule has 7 nitrogen and oxygen atoms in total. The van der Waals surface area contributed by atoms with Crippen molar-refractivity contribution in [2.24, 2.45) is 5.92 Å². The van der Waals surface area contributed by atoms with Crippen LogP contribution >= 0.6 is 0 Å². The molecule has 2 heterocycles. The van der Waals surface area contributed by atoms with E-state index in [1.807, 2.05) is 0 Å². The predicted octanol–water partition coefficient (Wildman–Crippen LogP) is 1.95. The average molecular weight is 427 g/mol. The summed E-state index contributed by atoms with van der Waals surface area (Å²) in [6.07, 6.45) is 2.06. The molecule has 3 fully saturated rings. The molecule has 0 unspecified atom stereocenters. The summed E-state index contributed by atoms with van der Waals surface area (Å²) in [5, 5.41) is 2.21. The van der Waals surface area contributed by atoms with E-state index in [1.54, 1.807) is 12.1 Å². The molecular formula is C20H27FN2O5S. The highest BCUT2D eigenvalue weighted by Gasteiger charge is 2.58. The third kappa shape index (κ3) is 3.60. The highest BCUT2D eigenvalue weighted by atomic mass is 32.2. The number of hydrogen-bond donors (Lipinski definition) is 1. The van der Waals surface area contributed by atoms with E-state index in [0.717, 1.165) is 17.1 Å². The Bertz CT molecular complexity index is 904. The largest absolute Gasteiger partial charge is 0.493 e. The van der Waals surface area contributed by atoms with E-state index in [1.165, 1.54) is 20.2 Å². The molecule has 2 aliphatic heterocycles. The van der Waals surface area contributed by atoms with Crippen molar-refractivity contribution < 1.29 is 27.0 Å². The molecule has 1 aliphatic carbocycles. The lowest BCUT2D eigenvalue weighted by molar-refractivity contribution is -0.0714. The van der Waals surface area contributed by atoms with Gasteiger partial charge in [0.1, 0.15) is 28.2 Å². The van der Waals surface area contributed by atoms with Crippen LogP contribution in [0.15, 0.2) is 30.6 Å². The van der Waals surface area contributed by atoms with Crippen LogP contribution in [0.5, 0.6) is 5.75 Å². The second kappa shape index (κ2) is 7.45. The second-order valence-corrected chi connectivity index (χ2v) is 10.2. The maximum Gasteiger partial charge on any atom is 0.241 e. The Labute approximate surface area is 170 Å². The van der Waals surface area contributed by atoms with E-state index < -0.39 is 32.7 Å². The van der Waals surface area contributed by atoms with Gasteiger partial charge in [0.2, 0.25) is 10.0 Å². The van der Waals surface area contributed by atoms with Gasteiger partial charge in [-0.05, 0) is 43.4 Å². The van der Waals surface area contributed by atoms with E-state index in [9.17, 15) is 8.42 Å². The lowest BCUT2D eigenvalue weighted by Crippen LogP contribution is -2.68. The van der Waals surface area contributed by atoms with Gasteiger partial charge in [-0.15, -0.1) is 0 Å². The topological polar surface area (TPSA) is 77.1 Å². The average Bonchev–Trinajstić information content (AvgIpc) is 3.51. The number of methoxy groups -OCH3 is 1. The van der Waals surface area contributed by atoms with Gasteiger partial charge < -0.3 is 19.5 Å². The van der Waals surface area contributed by atoms with Crippen molar-refractivity contribution >= 4 is 10.0 Å². The number of fused-ring (bicyclic) bond motifs is 1. The summed E-state index contributed by atoms with van der Waals surface area (Å²) in [6, 6.07) is 4.48. The van der Waals surface area contributed by atoms with Crippen LogP contribution in [0.2, 0.25) is 0 Å². The first-order chi connectivity index (χ1) is 13.8. The molecule has 1 saturated carbocycles. The van der Waals surface area contributed by atoms with Crippen LogP contribution in [0, 0.1) is 11.7 Å². The summed E-state index contributed by atoms with van der Waals surface area (Å²) in [7, 11) is -0.806. The first-order valence-corrected chi connectivity index (χ1v) is 11.3. The molecule has 9 heteroatoms. The second-order valence-electron chi connectivity index (χ2n) is 8.06. The minimum atomic E-state index is -3.79. The van der Waals surface area contributed by atoms with E-state index in [2.05, 4.69) is 11.9 Å². The molecule has 3 aliphatic rings. The number of nitrogens with zero attached hydrogens (tertiary/aromatic N) is 1. The molecular weight excluding hydrogens is 399 g/mol. The van der Waals surface area contributed by atoms with Gasteiger partial charge in [0.25, 0.3) is 0 Å². The fourth-order valence-corrected chi connectivity index (χ4v) is 6.03. The molecule has 0 aromatic heterocycles. The maximum atomic E-state index is 15.0. The van der Waals surface area contributed by atoms with Crippen molar-refractivity contribution in [1.82, 2.24) is 9.62 Å². The van der Waals surface area contributed by atoms with E-state index in [0.29, 0.717) is 18.3 Å². The fourth-order valence-electron chi connectivity index (χ4n) is 4.08. The zero-order chi connectivity index (χ0) is 20.8. The first-order valence-electron chi connectivity index (χ1n) is 9.76. The van der Waals surface area contributed by atoms with Gasteiger partial charge in [-0.25, -0.2) is 12.8 Å². The lowest BCUT2D eigenvalue weighted by Gasteiger charge is -2.52. The minimum absolute atomic E-state index is 0.0270. The predicted molar refractivity (Wildman–Crippen MR) is 105 cm³/mol. The van der Waals surface area contributed by atoms with Crippen molar-refractivity contribution in [1.29, 1.82) is 0 Å². The molecule has 4 rings (SSSR count). The number of benzene rings is 1. The fraction of sp³-hybridized carbons (Fsp3) is 0.600. The van der Waals surface area contributed by atoms with Crippen molar-refractivity contribution in [3.63, 3.8) is 0 Å². The van der Waals surface area contributed by atoms with Gasteiger partial charge >= 0.3 is 0 Å². The number of ether oxygens (including phenoxy) is 3. The molecule has 0 amide bonds. The summed E-state index contributed by atoms with van der Waals surface area (Å²) in [5.41, 5.74) is -1.08. The Hall–Kier alpha value is -1.84. The van der Waals surface area contributed by atoms with Crippen molar-refractivity contribution in [3.8, 4) is 5.75 Å². The number of rotatable bonds is 6. The molecule has 160 valence electrons. The highest BCUT2D eigenvalue weighted by molar-refractivity contribution is 7.90. The Kier molecular flexibility index (Phi) is 5.25. The minimum Gasteiger partial charge on any atom is -0.493 e. The summed E-state index contributed by atoms with van der Waals surface area (Å²) in [4.78, 5) is 0. The number of nitrogens with one attached hydrogen (secondary N) is 1. The van der Waals surface area contributed by atoms with Gasteiger partial charge in [-0.1, -0.05) is 6.58 Å². The quantitative estimate of drug-likeness (QED) is 0.749. The molecule has 1 aromatic carbocycles. The van der Waals surface area contributed by atoms with Crippen LogP contribution < -0.4 is 10.1 Å². The van der Waals surface area contributed by atoms with Crippen LogP contribution in [-0.2, 0) is 25.0 Å². The zero-order valence-corrected chi connectivity index (χ0v) is 17.5. The van der Waals surface area contributed by atoms with Gasteiger partial charge in [-0.2, -0.15) is 0 Å². The van der Waals surface area contributed by atoms with Crippen molar-refractivity contribution in [2.45, 2.75) is 36.2 Å². The third-order valence-corrected chi connectivity index (χ3v) is 8.31. The molecule has 0 radical (unpaired) electrons. The van der Waals surface area contributed by atoms with E-state index in [4.69, 9.17) is 14.2 Å². The van der Waals surface area contributed by atoms with Crippen LogP contribution in [-0.4, -0.2) is 58.1 Å². The Morgan fingerprint density at radius 3 is 2.83 bits per heavy atom. The summed E-state index contributed by atoms with van der Waals surface area (Å²) >= 11 is 0. The van der Waals surface area contributed by atoms with Crippen LogP contribution in [0.4, 0.5) is 4.39 Å². The van der Waals surface area contributed by atoms with Crippen LogP contribution in [0.1, 0.15) is 24.8 Å². The number of hydrogen-bond acceptors (Lipinski definition) is 6. The molecule has 3 atom stereocenters. The smallest absolute Gasteiger partial charge is 0.241 e. The van der Waals surface area contributed by atoms with Crippen molar-refractivity contribution in [2.75, 3.05) is 34.0 Å². The normalized spacial score (nSPS) is 31.1. The first kappa shape index (κ1) is 20.4. The third-order valence-electron chi connectivity index (χ3n) is 6.02. The highest BCUT2D eigenvalue weighted by Crippen LogP contribution is 2.44. The van der Waals surface area contributed by atoms with E-state index in [-0.39, 0.29) is 31.0 Å². The number of sulfonamides is 1. The molecule has 0 spiro atoms. The van der Waals surface area contributed by atoms with Gasteiger partial charge in [0.15, 0.2) is 0 Å². The summed E-state index contributed by atoms with van der Waals surface area (Å²) in [5.74, 6) is 0.731. The van der Waals surface area contributed by atoms with Crippen molar-refractivity contribution in [3.05, 3.63) is 42.0 Å². The van der Waals surface area contributed by atoms with Crippen LogP contribution in [0.25, 0.3) is 0 Å². The number of halogens is 1. The molecule has 29 heavy (non-hydrogen) atoms. The molecule has 2 saturated heterocycles. The summed E-state index contributed by atoms with van der Waals surface area (Å²) in [6.45, 7) is 4.64. The monoisotopic (exact) mass is 426 g/mol. The van der Waals surface area contributed by atoms with Crippen LogP contribution in [0.3, 0.4) is 0 Å². The van der Waals surface area contributed by atoms with Gasteiger partial charge in [0, 0.05) is 19.7 Å². The van der Waals surface area contributed by atoms with Gasteiger partial charge in [0.05, 0.1) is 25.9 Å². The van der Waals surface area contributed by atoms with E-state index >= 15 is 4.39 Å². The lowest BCUT2D eigenvalue weighted by atomic mass is 9.82. The Morgan fingerprint density at radius 1 is 1.38 bits per heavy atom. The standard InChI is InChI=1S/C20H27FN2O5S/c1-13-22-20(17-8-15(6-7-18(17)21)27-10-14-4-5-14)12-28-16(11-26-3)9-19(20)29(24,25)23(13)2/h6-8,14,16,19,22H,1,4-5,9-12H2,2-3H3/t16-,19-,20-/m1/s1. The molecule has 1 aromatic rings. The molecule has 0 bridgehead atoms. The van der Waals surface area contributed by atoms with Gasteiger partial charge in [-0.3, -0.25) is 4.31 Å². The SMILES string of the molecule is C=C1N[C@@]2(c3cc(OCC4CC4)ccc3F)CO[C@@H](COC)C[C@H]2S(=O)(=O)N1C. The maximum absolute atomic E-state index is 15.0. The Balaban J connectivity index is 1.76. The summed E-state index contributed by atoms with van der Waals surface area (Å²) < 4.78 is 59.6. The Morgan fingerprint density at radius 2 is 2.14 bits per heavy atom. The molecule has 1 N–H and O–H groups in total. The zero-order valence-electron chi connectivity index (χ0n) is 16.7.